The number of aryl methyl sites for hydroxylation is 2. The normalized spacial score (nSPS) is 10.4. The zero-order valence-corrected chi connectivity index (χ0v) is 10.6. The van der Waals surface area contributed by atoms with Crippen molar-refractivity contribution in [2.75, 3.05) is 11.1 Å². The maximum Gasteiger partial charge on any atom is 0.258 e. The molecule has 0 spiro atoms. The Morgan fingerprint density at radius 3 is 2.61 bits per heavy atom. The highest BCUT2D eigenvalue weighted by Gasteiger charge is 2.13. The molecule has 1 aromatic carbocycles. The van der Waals surface area contributed by atoms with E-state index in [-0.39, 0.29) is 5.91 Å². The first kappa shape index (κ1) is 12.2. The number of nitrogens with one attached hydrogen (secondary N) is 1. The molecule has 0 aliphatic rings. The third-order valence-electron chi connectivity index (χ3n) is 2.93. The zero-order valence-electron chi connectivity index (χ0n) is 10.6. The number of hydrogen-bond donors (Lipinski definition) is 2. The quantitative estimate of drug-likeness (QED) is 0.796. The first-order valence-electron chi connectivity index (χ1n) is 5.59. The van der Waals surface area contributed by atoms with E-state index in [1.165, 1.54) is 0 Å². The highest BCUT2D eigenvalue weighted by molar-refractivity contribution is 6.04. The molecule has 18 heavy (non-hydrogen) atoms. The maximum absolute atomic E-state index is 12.0. The standard InChI is InChI=1S/C13H15N3O2/c1-7-4-5-10(6-11(7)14)12(17)15-13-8(2)9(3)16-18-13/h4-6H,14H2,1-3H3,(H,15,17). The molecule has 0 radical (unpaired) electrons. The molecule has 0 unspecified atom stereocenters. The number of hydrogen-bond acceptors (Lipinski definition) is 4. The molecule has 2 aromatic rings. The van der Waals surface area contributed by atoms with E-state index < -0.39 is 0 Å². The van der Waals surface area contributed by atoms with E-state index in [0.717, 1.165) is 16.8 Å². The molecule has 1 aromatic heterocycles. The number of carbonyl (C=O) groups is 1. The number of amides is 1. The van der Waals surface area contributed by atoms with E-state index in [1.807, 2.05) is 26.8 Å². The average molecular weight is 245 g/mol. The Balaban J connectivity index is 2.22. The number of rotatable bonds is 2. The lowest BCUT2D eigenvalue weighted by atomic mass is 10.1. The monoisotopic (exact) mass is 245 g/mol. The number of carbonyl (C=O) groups excluding carboxylic acids is 1. The highest BCUT2D eigenvalue weighted by atomic mass is 16.5. The summed E-state index contributed by atoms with van der Waals surface area (Å²) in [4.78, 5) is 12.0. The molecule has 0 aliphatic carbocycles. The molecule has 0 saturated carbocycles. The van der Waals surface area contributed by atoms with Crippen LogP contribution in [0, 0.1) is 20.8 Å². The molecule has 1 heterocycles. The minimum Gasteiger partial charge on any atom is -0.398 e. The van der Waals surface area contributed by atoms with Crippen LogP contribution in [-0.2, 0) is 0 Å². The zero-order chi connectivity index (χ0) is 13.3. The van der Waals surface area contributed by atoms with Gasteiger partial charge < -0.3 is 10.3 Å². The van der Waals surface area contributed by atoms with E-state index in [2.05, 4.69) is 10.5 Å². The molecular weight excluding hydrogens is 230 g/mol. The summed E-state index contributed by atoms with van der Waals surface area (Å²) < 4.78 is 5.03. The van der Waals surface area contributed by atoms with Crippen LogP contribution in [0.5, 0.6) is 0 Å². The molecule has 0 bridgehead atoms. The van der Waals surface area contributed by atoms with Crippen molar-refractivity contribution in [3.8, 4) is 0 Å². The fraction of sp³-hybridized carbons (Fsp3) is 0.231. The molecule has 0 saturated heterocycles. The number of benzene rings is 1. The van der Waals surface area contributed by atoms with E-state index >= 15 is 0 Å². The van der Waals surface area contributed by atoms with Gasteiger partial charge >= 0.3 is 0 Å². The summed E-state index contributed by atoms with van der Waals surface area (Å²) in [5.41, 5.74) is 9.38. The predicted octanol–water partition coefficient (Wildman–Crippen LogP) is 2.43. The van der Waals surface area contributed by atoms with Crippen molar-refractivity contribution in [2.24, 2.45) is 0 Å². The summed E-state index contributed by atoms with van der Waals surface area (Å²) in [6, 6.07) is 5.17. The third-order valence-corrected chi connectivity index (χ3v) is 2.93. The topological polar surface area (TPSA) is 81.2 Å². The summed E-state index contributed by atoms with van der Waals surface area (Å²) in [5, 5.41) is 6.45. The van der Waals surface area contributed by atoms with Gasteiger partial charge in [0.15, 0.2) is 0 Å². The van der Waals surface area contributed by atoms with Crippen LogP contribution in [0.25, 0.3) is 0 Å². The van der Waals surface area contributed by atoms with Gasteiger partial charge in [-0.15, -0.1) is 0 Å². The van der Waals surface area contributed by atoms with Crippen LogP contribution in [-0.4, -0.2) is 11.1 Å². The number of aromatic nitrogens is 1. The fourth-order valence-electron chi connectivity index (χ4n) is 1.49. The number of nitrogens with zero attached hydrogens (tertiary/aromatic N) is 1. The average Bonchev–Trinajstić information content (AvgIpc) is 2.64. The van der Waals surface area contributed by atoms with Crippen LogP contribution in [0.3, 0.4) is 0 Å². The Morgan fingerprint density at radius 2 is 2.06 bits per heavy atom. The highest BCUT2D eigenvalue weighted by Crippen LogP contribution is 2.19. The van der Waals surface area contributed by atoms with Gasteiger partial charge in [-0.1, -0.05) is 11.2 Å². The van der Waals surface area contributed by atoms with Crippen LogP contribution < -0.4 is 11.1 Å². The van der Waals surface area contributed by atoms with Gasteiger partial charge in [-0.3, -0.25) is 10.1 Å². The number of nitrogens with two attached hydrogens (primary N) is 1. The van der Waals surface area contributed by atoms with Crippen molar-refractivity contribution in [1.82, 2.24) is 5.16 Å². The third kappa shape index (κ3) is 2.20. The van der Waals surface area contributed by atoms with Crippen LogP contribution >= 0.6 is 0 Å². The minimum atomic E-state index is -0.263. The van der Waals surface area contributed by atoms with Crippen LogP contribution in [0.1, 0.15) is 27.2 Å². The van der Waals surface area contributed by atoms with Gasteiger partial charge in [-0.05, 0) is 38.5 Å². The van der Waals surface area contributed by atoms with Gasteiger partial charge in [0.1, 0.15) is 0 Å². The first-order valence-corrected chi connectivity index (χ1v) is 5.59. The smallest absolute Gasteiger partial charge is 0.258 e. The summed E-state index contributed by atoms with van der Waals surface area (Å²) in [6.07, 6.45) is 0. The van der Waals surface area contributed by atoms with Gasteiger partial charge in [0.05, 0.1) is 5.69 Å². The minimum absolute atomic E-state index is 0.263. The Labute approximate surface area is 105 Å². The number of nitrogen functional groups attached to an aromatic ring is 1. The van der Waals surface area contributed by atoms with Crippen LogP contribution in [0.4, 0.5) is 11.6 Å². The van der Waals surface area contributed by atoms with Gasteiger partial charge in [0.25, 0.3) is 5.91 Å². The predicted molar refractivity (Wildman–Crippen MR) is 69.5 cm³/mol. The molecule has 3 N–H and O–H groups in total. The lowest BCUT2D eigenvalue weighted by Crippen LogP contribution is -2.12. The van der Waals surface area contributed by atoms with Gasteiger partial charge in [0, 0.05) is 16.8 Å². The Kier molecular flexibility index (Phi) is 3.06. The lowest BCUT2D eigenvalue weighted by Gasteiger charge is -2.05. The Morgan fingerprint density at radius 1 is 1.33 bits per heavy atom. The van der Waals surface area contributed by atoms with E-state index in [9.17, 15) is 4.79 Å². The van der Waals surface area contributed by atoms with Crippen LogP contribution in [0.2, 0.25) is 0 Å². The molecule has 5 nitrogen and oxygen atoms in total. The second-order valence-corrected chi connectivity index (χ2v) is 4.25. The first-order chi connectivity index (χ1) is 8.49. The fourth-order valence-corrected chi connectivity index (χ4v) is 1.49. The lowest BCUT2D eigenvalue weighted by molar-refractivity contribution is 0.102. The van der Waals surface area contributed by atoms with Crippen molar-refractivity contribution in [2.45, 2.75) is 20.8 Å². The summed E-state index contributed by atoms with van der Waals surface area (Å²) in [7, 11) is 0. The van der Waals surface area contributed by atoms with Gasteiger partial charge in [0.2, 0.25) is 5.88 Å². The molecule has 5 heteroatoms. The van der Waals surface area contributed by atoms with Gasteiger partial charge in [-0.2, -0.15) is 0 Å². The summed E-state index contributed by atoms with van der Waals surface area (Å²) >= 11 is 0. The molecule has 2 rings (SSSR count). The molecule has 0 fully saturated rings. The SMILES string of the molecule is Cc1ccc(C(=O)Nc2onc(C)c2C)cc1N. The Hall–Kier alpha value is -2.30. The summed E-state index contributed by atoms with van der Waals surface area (Å²) in [5.74, 6) is 0.109. The van der Waals surface area contributed by atoms with Crippen molar-refractivity contribution in [3.05, 3.63) is 40.6 Å². The molecular formula is C13H15N3O2. The molecule has 94 valence electrons. The second kappa shape index (κ2) is 4.52. The summed E-state index contributed by atoms with van der Waals surface area (Å²) in [6.45, 7) is 5.55. The van der Waals surface area contributed by atoms with Crippen molar-refractivity contribution in [3.63, 3.8) is 0 Å². The van der Waals surface area contributed by atoms with E-state index in [4.69, 9.17) is 10.3 Å². The Bertz CT molecular complexity index is 602. The molecule has 0 aliphatic heterocycles. The maximum atomic E-state index is 12.0. The number of anilines is 2. The van der Waals surface area contributed by atoms with Crippen molar-refractivity contribution >= 4 is 17.5 Å². The van der Waals surface area contributed by atoms with E-state index in [0.29, 0.717) is 17.1 Å². The molecule has 0 atom stereocenters. The van der Waals surface area contributed by atoms with Crippen LogP contribution in [0.15, 0.2) is 22.7 Å². The second-order valence-electron chi connectivity index (χ2n) is 4.25. The van der Waals surface area contributed by atoms with Crippen molar-refractivity contribution < 1.29 is 9.32 Å². The van der Waals surface area contributed by atoms with Crippen molar-refractivity contribution in [1.29, 1.82) is 0 Å². The molecule has 1 amide bonds. The van der Waals surface area contributed by atoms with E-state index in [1.54, 1.807) is 12.1 Å². The van der Waals surface area contributed by atoms with Gasteiger partial charge in [-0.25, -0.2) is 0 Å². The largest absolute Gasteiger partial charge is 0.398 e.